The maximum Gasteiger partial charge on any atom is 0.418 e. The molecule has 8 nitrogen and oxygen atoms in total. The average molecular weight is 615 g/mol. The molecule has 2 amide bonds. The number of benzene rings is 3. The minimum atomic E-state index is -4.57. The van der Waals surface area contributed by atoms with E-state index in [2.05, 4.69) is 25.8 Å². The Morgan fingerprint density at radius 2 is 1.61 bits per heavy atom. The lowest BCUT2D eigenvalue weighted by Crippen LogP contribution is -2.18. The summed E-state index contributed by atoms with van der Waals surface area (Å²) in [5, 5.41) is 14.2. The number of thioether (sulfide) groups is 2. The number of nitrogens with one attached hydrogen (secondary N) is 2. The number of carbonyl (C=O) groups is 2. The molecule has 0 fully saturated rings. The first-order valence-corrected chi connectivity index (χ1v) is 14.8. The summed E-state index contributed by atoms with van der Waals surface area (Å²) in [6.45, 7) is 0. The van der Waals surface area contributed by atoms with Crippen molar-refractivity contribution < 1.29 is 22.8 Å². The zero-order valence-corrected chi connectivity index (χ0v) is 23.8. The molecule has 5 rings (SSSR count). The SMILES string of the molecule is Cn1c(SCC(=O)Nc2ccc3nc(SCC(=O)Nc4ccccc4C(F)(F)F)sc3c2)nnc1-c1ccccc1. The maximum atomic E-state index is 13.2. The molecule has 0 spiro atoms. The van der Waals surface area contributed by atoms with Gasteiger partial charge in [-0.15, -0.1) is 21.5 Å². The lowest BCUT2D eigenvalue weighted by atomic mass is 10.1. The van der Waals surface area contributed by atoms with Gasteiger partial charge in [-0.2, -0.15) is 13.2 Å². The Balaban J connectivity index is 1.15. The topological polar surface area (TPSA) is 102 Å². The monoisotopic (exact) mass is 614 g/mol. The van der Waals surface area contributed by atoms with E-state index in [1.54, 1.807) is 18.2 Å². The molecule has 0 saturated carbocycles. The predicted octanol–water partition coefficient (Wildman–Crippen LogP) is 6.57. The summed E-state index contributed by atoms with van der Waals surface area (Å²) in [5.74, 6) is -0.0547. The highest BCUT2D eigenvalue weighted by Gasteiger charge is 2.33. The number of alkyl halides is 3. The summed E-state index contributed by atoms with van der Waals surface area (Å²) in [6.07, 6.45) is -4.57. The summed E-state index contributed by atoms with van der Waals surface area (Å²) < 4.78 is 42.7. The van der Waals surface area contributed by atoms with Gasteiger partial charge < -0.3 is 15.2 Å². The highest BCUT2D eigenvalue weighted by molar-refractivity contribution is 8.01. The van der Waals surface area contributed by atoms with E-state index < -0.39 is 17.6 Å². The van der Waals surface area contributed by atoms with Gasteiger partial charge in [0.05, 0.1) is 33.0 Å². The standard InChI is InChI=1S/C27H21F3N6O2S3/c1-36-24(16-7-3-2-4-8-16)34-35-25(36)39-14-22(37)31-17-11-12-20-21(13-17)41-26(33-20)40-15-23(38)32-19-10-6-5-9-18(19)27(28,29)30/h2-13H,14-15H2,1H3,(H,31,37)(H,32,38). The van der Waals surface area contributed by atoms with Crippen LogP contribution in [0.1, 0.15) is 5.56 Å². The van der Waals surface area contributed by atoms with Crippen LogP contribution < -0.4 is 10.6 Å². The van der Waals surface area contributed by atoms with E-state index in [4.69, 9.17) is 0 Å². The molecule has 2 aromatic heterocycles. The molecular formula is C27H21F3N6O2S3. The fourth-order valence-electron chi connectivity index (χ4n) is 3.80. The van der Waals surface area contributed by atoms with Gasteiger partial charge in [-0.05, 0) is 30.3 Å². The molecule has 0 unspecified atom stereocenters. The number of halogens is 3. The maximum absolute atomic E-state index is 13.2. The van der Waals surface area contributed by atoms with E-state index >= 15 is 0 Å². The van der Waals surface area contributed by atoms with Crippen LogP contribution in [0.3, 0.4) is 0 Å². The third-order valence-corrected chi connectivity index (χ3v) is 8.87. The second kappa shape index (κ2) is 12.3. The van der Waals surface area contributed by atoms with E-state index in [1.807, 2.05) is 41.9 Å². The van der Waals surface area contributed by atoms with Crippen LogP contribution in [0.2, 0.25) is 0 Å². The van der Waals surface area contributed by atoms with E-state index in [9.17, 15) is 22.8 Å². The highest BCUT2D eigenvalue weighted by atomic mass is 32.2. The quantitative estimate of drug-likeness (QED) is 0.181. The summed E-state index contributed by atoms with van der Waals surface area (Å²) in [4.78, 5) is 29.4. The number of rotatable bonds is 9. The van der Waals surface area contributed by atoms with E-state index in [0.717, 1.165) is 28.1 Å². The molecule has 5 aromatic rings. The van der Waals surface area contributed by atoms with Crippen LogP contribution in [0.5, 0.6) is 0 Å². The van der Waals surface area contributed by atoms with Crippen molar-refractivity contribution in [3.63, 3.8) is 0 Å². The van der Waals surface area contributed by atoms with Gasteiger partial charge in [0, 0.05) is 18.3 Å². The number of para-hydroxylation sites is 1. The zero-order chi connectivity index (χ0) is 29.0. The molecule has 14 heteroatoms. The molecule has 0 radical (unpaired) electrons. The van der Waals surface area contributed by atoms with Gasteiger partial charge >= 0.3 is 6.18 Å². The van der Waals surface area contributed by atoms with Crippen LogP contribution in [0, 0.1) is 0 Å². The van der Waals surface area contributed by atoms with Crippen LogP contribution >= 0.6 is 34.9 Å². The largest absolute Gasteiger partial charge is 0.418 e. The van der Waals surface area contributed by atoms with Gasteiger partial charge in [0.1, 0.15) is 0 Å². The minimum absolute atomic E-state index is 0.110. The Morgan fingerprint density at radius 1 is 0.902 bits per heavy atom. The molecule has 2 N–H and O–H groups in total. The second-order valence-electron chi connectivity index (χ2n) is 8.61. The molecule has 0 aliphatic carbocycles. The van der Waals surface area contributed by atoms with Crippen molar-refractivity contribution in [2.45, 2.75) is 15.7 Å². The molecule has 41 heavy (non-hydrogen) atoms. The number of hydrogen-bond acceptors (Lipinski definition) is 8. The van der Waals surface area contributed by atoms with Crippen molar-refractivity contribution >= 4 is 68.3 Å². The van der Waals surface area contributed by atoms with Crippen LogP contribution in [0.25, 0.3) is 21.6 Å². The Morgan fingerprint density at radius 3 is 2.39 bits per heavy atom. The van der Waals surface area contributed by atoms with Crippen LogP contribution in [0.15, 0.2) is 82.3 Å². The summed E-state index contributed by atoms with van der Waals surface area (Å²) in [7, 11) is 1.85. The fourth-order valence-corrected chi connectivity index (χ4v) is 6.42. The molecule has 0 aliphatic rings. The Kier molecular flexibility index (Phi) is 8.61. The van der Waals surface area contributed by atoms with Crippen molar-refractivity contribution in [3.8, 4) is 11.4 Å². The third-order valence-electron chi connectivity index (χ3n) is 5.69. The number of anilines is 2. The Hall–Kier alpha value is -3.88. The fraction of sp³-hybridized carbons (Fsp3) is 0.148. The third kappa shape index (κ3) is 7.07. The van der Waals surface area contributed by atoms with Gasteiger partial charge in [-0.3, -0.25) is 9.59 Å². The van der Waals surface area contributed by atoms with Gasteiger partial charge in [-0.25, -0.2) is 4.98 Å². The number of thiazole rings is 1. The van der Waals surface area contributed by atoms with Crippen molar-refractivity contribution in [2.75, 3.05) is 22.1 Å². The lowest BCUT2D eigenvalue weighted by molar-refractivity contribution is -0.137. The van der Waals surface area contributed by atoms with Gasteiger partial charge in [0.25, 0.3) is 0 Å². The van der Waals surface area contributed by atoms with Crippen LogP contribution in [0.4, 0.5) is 24.5 Å². The molecule has 2 heterocycles. The second-order valence-corrected chi connectivity index (χ2v) is 11.8. The highest BCUT2D eigenvalue weighted by Crippen LogP contribution is 2.35. The molecule has 0 saturated heterocycles. The number of carbonyl (C=O) groups excluding carboxylic acids is 2. The molecule has 210 valence electrons. The van der Waals surface area contributed by atoms with Crippen molar-refractivity contribution in [1.82, 2.24) is 19.7 Å². The van der Waals surface area contributed by atoms with Gasteiger partial charge in [0.2, 0.25) is 11.8 Å². The van der Waals surface area contributed by atoms with Crippen molar-refractivity contribution in [3.05, 3.63) is 78.4 Å². The minimum Gasteiger partial charge on any atom is -0.325 e. The summed E-state index contributed by atoms with van der Waals surface area (Å²) >= 11 is 3.72. The smallest absolute Gasteiger partial charge is 0.325 e. The number of hydrogen-bond donors (Lipinski definition) is 2. The summed E-state index contributed by atoms with van der Waals surface area (Å²) in [6, 6.07) is 19.8. The molecule has 0 bridgehead atoms. The number of fused-ring (bicyclic) bond motifs is 1. The number of amides is 2. The Bertz CT molecular complexity index is 1710. The summed E-state index contributed by atoms with van der Waals surface area (Å²) in [5.41, 5.74) is 1.01. The van der Waals surface area contributed by atoms with Crippen LogP contribution in [-0.4, -0.2) is 43.1 Å². The van der Waals surface area contributed by atoms with Crippen molar-refractivity contribution in [1.29, 1.82) is 0 Å². The van der Waals surface area contributed by atoms with Crippen LogP contribution in [-0.2, 0) is 22.8 Å². The lowest BCUT2D eigenvalue weighted by Gasteiger charge is -2.13. The zero-order valence-electron chi connectivity index (χ0n) is 21.3. The first-order chi connectivity index (χ1) is 19.7. The van der Waals surface area contributed by atoms with E-state index in [1.165, 1.54) is 41.3 Å². The Labute approximate surface area is 244 Å². The number of nitrogens with zero attached hydrogens (tertiary/aromatic N) is 4. The first-order valence-electron chi connectivity index (χ1n) is 12.0. The normalized spacial score (nSPS) is 11.5. The molecule has 3 aromatic carbocycles. The average Bonchev–Trinajstić information content (AvgIpc) is 3.53. The first kappa shape index (κ1) is 28.6. The number of aromatic nitrogens is 4. The van der Waals surface area contributed by atoms with E-state index in [-0.39, 0.29) is 23.1 Å². The van der Waals surface area contributed by atoms with Gasteiger partial charge in [0.15, 0.2) is 15.3 Å². The molecule has 0 aliphatic heterocycles. The predicted molar refractivity (Wildman–Crippen MR) is 156 cm³/mol. The molecular weight excluding hydrogens is 594 g/mol. The molecule has 0 atom stereocenters. The van der Waals surface area contributed by atoms with E-state index in [0.29, 0.717) is 26.5 Å². The van der Waals surface area contributed by atoms with Gasteiger partial charge in [-0.1, -0.05) is 66.0 Å². The van der Waals surface area contributed by atoms with Crippen molar-refractivity contribution in [2.24, 2.45) is 7.05 Å².